The number of nitrogens with one attached hydrogen (secondary N) is 2. The van der Waals surface area contributed by atoms with Crippen LogP contribution < -0.4 is 10.0 Å². The third-order valence-corrected chi connectivity index (χ3v) is 3.95. The van der Waals surface area contributed by atoms with Crippen LogP contribution >= 0.6 is 0 Å². The molecule has 1 aliphatic heterocycles. The molecule has 1 atom stereocenters. The van der Waals surface area contributed by atoms with Crippen LogP contribution in [0.5, 0.6) is 0 Å². The fraction of sp³-hybridized carbons (Fsp3) is 1.00. The van der Waals surface area contributed by atoms with Crippen LogP contribution in [0.2, 0.25) is 0 Å². The van der Waals surface area contributed by atoms with Crippen molar-refractivity contribution >= 4 is 10.0 Å². The van der Waals surface area contributed by atoms with Gasteiger partial charge in [-0.2, -0.15) is 0 Å². The Morgan fingerprint density at radius 2 is 2.29 bits per heavy atom. The molecular weight excluding hydrogens is 200 g/mol. The van der Waals surface area contributed by atoms with E-state index in [2.05, 4.69) is 10.0 Å². The molecule has 0 aromatic carbocycles. The summed E-state index contributed by atoms with van der Waals surface area (Å²) in [7, 11) is -3.01. The van der Waals surface area contributed by atoms with Crippen molar-refractivity contribution in [1.29, 1.82) is 0 Å². The van der Waals surface area contributed by atoms with Crippen molar-refractivity contribution in [2.75, 3.05) is 25.4 Å². The lowest BCUT2D eigenvalue weighted by Gasteiger charge is -2.10. The molecule has 0 amide bonds. The Bertz CT molecular complexity index is 246. The van der Waals surface area contributed by atoms with Crippen LogP contribution in [-0.4, -0.2) is 33.8 Å². The maximum atomic E-state index is 11.4. The molecule has 0 spiro atoms. The molecule has 1 aliphatic rings. The summed E-state index contributed by atoms with van der Waals surface area (Å²) in [5.41, 5.74) is 0. The van der Waals surface area contributed by atoms with Gasteiger partial charge in [-0.15, -0.1) is 0 Å². The number of sulfonamides is 1. The average Bonchev–Trinajstić information content (AvgIpc) is 2.64. The molecule has 1 fully saturated rings. The minimum absolute atomic E-state index is 0.268. The van der Waals surface area contributed by atoms with Gasteiger partial charge in [-0.25, -0.2) is 13.1 Å². The van der Waals surface area contributed by atoms with Gasteiger partial charge in [0.25, 0.3) is 0 Å². The topological polar surface area (TPSA) is 58.2 Å². The normalized spacial score (nSPS) is 22.8. The van der Waals surface area contributed by atoms with Gasteiger partial charge >= 0.3 is 0 Å². The van der Waals surface area contributed by atoms with Crippen molar-refractivity contribution in [2.45, 2.75) is 26.2 Å². The Balaban J connectivity index is 2.21. The van der Waals surface area contributed by atoms with Crippen molar-refractivity contribution in [3.05, 3.63) is 0 Å². The first-order valence-corrected chi connectivity index (χ1v) is 6.97. The summed E-state index contributed by atoms with van der Waals surface area (Å²) < 4.78 is 25.5. The zero-order valence-corrected chi connectivity index (χ0v) is 9.57. The van der Waals surface area contributed by atoms with Gasteiger partial charge in [0.1, 0.15) is 0 Å². The van der Waals surface area contributed by atoms with Crippen molar-refractivity contribution in [1.82, 2.24) is 10.0 Å². The quantitative estimate of drug-likeness (QED) is 0.677. The second kappa shape index (κ2) is 5.68. The van der Waals surface area contributed by atoms with Gasteiger partial charge in [0, 0.05) is 6.54 Å². The fourth-order valence-corrected chi connectivity index (χ4v) is 2.84. The molecule has 0 aliphatic carbocycles. The van der Waals surface area contributed by atoms with E-state index in [1.807, 2.05) is 6.92 Å². The highest BCUT2D eigenvalue weighted by Crippen LogP contribution is 2.06. The monoisotopic (exact) mass is 220 g/mol. The molecule has 84 valence electrons. The van der Waals surface area contributed by atoms with Crippen LogP contribution in [0.3, 0.4) is 0 Å². The van der Waals surface area contributed by atoms with E-state index in [1.54, 1.807) is 0 Å². The number of hydrogen-bond acceptors (Lipinski definition) is 3. The third-order valence-electron chi connectivity index (χ3n) is 2.52. The first kappa shape index (κ1) is 11.9. The third kappa shape index (κ3) is 4.39. The van der Waals surface area contributed by atoms with E-state index in [-0.39, 0.29) is 5.75 Å². The maximum absolute atomic E-state index is 11.4. The molecule has 1 heterocycles. The highest BCUT2D eigenvalue weighted by Gasteiger charge is 2.17. The van der Waals surface area contributed by atoms with E-state index in [9.17, 15) is 8.42 Å². The molecule has 1 rings (SSSR count). The van der Waals surface area contributed by atoms with Crippen molar-refractivity contribution in [3.8, 4) is 0 Å². The van der Waals surface area contributed by atoms with Gasteiger partial charge in [-0.05, 0) is 31.8 Å². The Labute approximate surface area is 86.5 Å². The summed E-state index contributed by atoms with van der Waals surface area (Å²) in [6.07, 6.45) is 2.75. The Morgan fingerprint density at radius 3 is 2.86 bits per heavy atom. The molecule has 14 heavy (non-hydrogen) atoms. The Morgan fingerprint density at radius 1 is 1.50 bits per heavy atom. The number of unbranched alkanes of at least 4 members (excludes halogenated alkanes) is 1. The predicted octanol–water partition coefficient (Wildman–Crippen LogP) is 0.315. The second-order valence-corrected chi connectivity index (χ2v) is 5.81. The van der Waals surface area contributed by atoms with Crippen LogP contribution in [0.15, 0.2) is 0 Å². The van der Waals surface area contributed by atoms with Gasteiger partial charge in [0.15, 0.2) is 0 Å². The van der Waals surface area contributed by atoms with Crippen LogP contribution in [0, 0.1) is 5.92 Å². The molecule has 4 nitrogen and oxygen atoms in total. The molecule has 0 radical (unpaired) electrons. The summed E-state index contributed by atoms with van der Waals surface area (Å²) in [5, 5.41) is 3.22. The van der Waals surface area contributed by atoms with Crippen molar-refractivity contribution in [3.63, 3.8) is 0 Å². The predicted molar refractivity (Wildman–Crippen MR) is 57.7 cm³/mol. The van der Waals surface area contributed by atoms with Gasteiger partial charge in [0.05, 0.1) is 5.75 Å². The molecule has 0 bridgehead atoms. The largest absolute Gasteiger partial charge is 0.316 e. The lowest BCUT2D eigenvalue weighted by Crippen LogP contribution is -2.32. The average molecular weight is 220 g/mol. The van der Waals surface area contributed by atoms with Crippen LogP contribution in [0.25, 0.3) is 0 Å². The minimum Gasteiger partial charge on any atom is -0.316 e. The highest BCUT2D eigenvalue weighted by atomic mass is 32.2. The van der Waals surface area contributed by atoms with E-state index in [0.717, 1.165) is 32.4 Å². The zero-order chi connectivity index (χ0) is 10.4. The van der Waals surface area contributed by atoms with Crippen LogP contribution in [0.4, 0.5) is 0 Å². The van der Waals surface area contributed by atoms with Crippen molar-refractivity contribution in [2.24, 2.45) is 5.92 Å². The van der Waals surface area contributed by atoms with Crippen molar-refractivity contribution < 1.29 is 8.42 Å². The first-order chi connectivity index (χ1) is 6.64. The van der Waals surface area contributed by atoms with E-state index in [0.29, 0.717) is 12.5 Å². The lowest BCUT2D eigenvalue weighted by atomic mass is 10.1. The summed E-state index contributed by atoms with van der Waals surface area (Å²) >= 11 is 0. The maximum Gasteiger partial charge on any atom is 0.211 e. The molecule has 0 aromatic heterocycles. The Hall–Kier alpha value is -0.130. The van der Waals surface area contributed by atoms with Gasteiger partial charge in [-0.3, -0.25) is 0 Å². The molecule has 1 unspecified atom stereocenters. The molecule has 0 aromatic rings. The fourth-order valence-electron chi connectivity index (χ4n) is 1.54. The number of rotatable bonds is 6. The van der Waals surface area contributed by atoms with E-state index in [1.165, 1.54) is 0 Å². The van der Waals surface area contributed by atoms with Gasteiger partial charge in [-0.1, -0.05) is 13.3 Å². The second-order valence-electron chi connectivity index (χ2n) is 3.88. The molecule has 5 heteroatoms. The summed E-state index contributed by atoms with van der Waals surface area (Å²) in [6, 6.07) is 0. The molecule has 0 saturated carbocycles. The standard InChI is InChI=1S/C9H20N2O2S/c1-2-3-6-14(12,13)11-8-9-4-5-10-7-9/h9-11H,2-8H2,1H3. The summed E-state index contributed by atoms with van der Waals surface area (Å²) in [5.74, 6) is 0.746. The SMILES string of the molecule is CCCCS(=O)(=O)NCC1CCNC1. The van der Waals surface area contributed by atoms with Gasteiger partial charge < -0.3 is 5.32 Å². The molecular formula is C9H20N2O2S. The number of hydrogen-bond donors (Lipinski definition) is 2. The van der Waals surface area contributed by atoms with E-state index >= 15 is 0 Å². The Kier molecular flexibility index (Phi) is 4.84. The minimum atomic E-state index is -3.01. The van der Waals surface area contributed by atoms with E-state index in [4.69, 9.17) is 0 Å². The summed E-state index contributed by atoms with van der Waals surface area (Å²) in [6.45, 7) is 4.55. The zero-order valence-electron chi connectivity index (χ0n) is 8.75. The molecule has 1 saturated heterocycles. The first-order valence-electron chi connectivity index (χ1n) is 5.32. The highest BCUT2D eigenvalue weighted by molar-refractivity contribution is 7.89. The molecule has 2 N–H and O–H groups in total. The smallest absolute Gasteiger partial charge is 0.211 e. The van der Waals surface area contributed by atoms with Crippen LogP contribution in [0.1, 0.15) is 26.2 Å². The summed E-state index contributed by atoms with van der Waals surface area (Å²) in [4.78, 5) is 0. The van der Waals surface area contributed by atoms with E-state index < -0.39 is 10.0 Å². The van der Waals surface area contributed by atoms with Gasteiger partial charge in [0.2, 0.25) is 10.0 Å². The van der Waals surface area contributed by atoms with Crippen LogP contribution in [-0.2, 0) is 10.0 Å². The lowest BCUT2D eigenvalue weighted by molar-refractivity contribution is 0.537.